The van der Waals surface area contributed by atoms with Crippen LogP contribution in [0.1, 0.15) is 31.7 Å². The van der Waals surface area contributed by atoms with Crippen LogP contribution in [-0.4, -0.2) is 43.9 Å². The zero-order valence-electron chi connectivity index (χ0n) is 14.4. The molecule has 0 saturated heterocycles. The Bertz CT molecular complexity index is 552. The fourth-order valence-electron chi connectivity index (χ4n) is 2.49. The number of carbonyl (C=O) groups is 2. The van der Waals surface area contributed by atoms with Gasteiger partial charge in [0.15, 0.2) is 0 Å². The van der Waals surface area contributed by atoms with E-state index < -0.39 is 0 Å². The molecule has 1 aliphatic carbocycles. The van der Waals surface area contributed by atoms with E-state index in [1.807, 2.05) is 43.3 Å². The van der Waals surface area contributed by atoms with Gasteiger partial charge >= 0.3 is 0 Å². The van der Waals surface area contributed by atoms with Crippen LogP contribution in [0.4, 0.5) is 5.69 Å². The number of amides is 2. The lowest BCUT2D eigenvalue weighted by atomic mass is 10.0. The predicted molar refractivity (Wildman–Crippen MR) is 92.3 cm³/mol. The largest absolute Gasteiger partial charge is 0.355 e. The normalized spacial score (nSPS) is 19.7. The Kier molecular flexibility index (Phi) is 5.77. The van der Waals surface area contributed by atoms with Crippen LogP contribution in [0.2, 0.25) is 0 Å². The minimum absolute atomic E-state index is 0.0119. The second-order valence-electron chi connectivity index (χ2n) is 6.81. The van der Waals surface area contributed by atoms with Crippen molar-refractivity contribution in [3.8, 4) is 0 Å². The van der Waals surface area contributed by atoms with Crippen molar-refractivity contribution in [3.63, 3.8) is 0 Å². The molecule has 1 fully saturated rings. The number of carbonyl (C=O) groups excluding carboxylic acids is 2. The fraction of sp³-hybridized carbons (Fsp3) is 0.556. The molecule has 2 rings (SSSR count). The highest BCUT2D eigenvalue weighted by molar-refractivity contribution is 5.99. The van der Waals surface area contributed by atoms with Gasteiger partial charge in [0.1, 0.15) is 0 Å². The molecule has 0 radical (unpaired) electrons. The number of likely N-dealkylation sites (N-methyl/N-ethyl adjacent to an activating group) is 1. The summed E-state index contributed by atoms with van der Waals surface area (Å²) in [4.78, 5) is 26.2. The first-order valence-corrected chi connectivity index (χ1v) is 8.21. The van der Waals surface area contributed by atoms with Gasteiger partial charge in [0, 0.05) is 18.8 Å². The Morgan fingerprint density at radius 2 is 1.74 bits per heavy atom. The molecule has 5 heteroatoms. The maximum absolute atomic E-state index is 12.2. The summed E-state index contributed by atoms with van der Waals surface area (Å²) >= 11 is 0. The van der Waals surface area contributed by atoms with E-state index in [0.717, 1.165) is 12.2 Å². The van der Waals surface area contributed by atoms with Crippen molar-refractivity contribution < 1.29 is 9.59 Å². The summed E-state index contributed by atoms with van der Waals surface area (Å²) in [6.45, 7) is 5.69. The summed E-state index contributed by atoms with van der Waals surface area (Å²) in [5.41, 5.74) is 2.03. The Hall–Kier alpha value is -1.88. The summed E-state index contributed by atoms with van der Waals surface area (Å²) in [6, 6.07) is 7.89. The molecule has 1 aromatic rings. The van der Waals surface area contributed by atoms with Gasteiger partial charge in [-0.2, -0.15) is 0 Å². The molecule has 0 bridgehead atoms. The van der Waals surface area contributed by atoms with E-state index in [1.165, 1.54) is 5.56 Å². The smallest absolute Gasteiger partial charge is 0.228 e. The lowest BCUT2D eigenvalue weighted by Crippen LogP contribution is -2.33. The first-order valence-electron chi connectivity index (χ1n) is 8.21. The van der Waals surface area contributed by atoms with Gasteiger partial charge in [-0.25, -0.2) is 0 Å². The van der Waals surface area contributed by atoms with Gasteiger partial charge in [-0.15, -0.1) is 0 Å². The van der Waals surface area contributed by atoms with Crippen molar-refractivity contribution in [2.24, 2.45) is 11.8 Å². The number of hydrogen-bond donors (Lipinski definition) is 2. The van der Waals surface area contributed by atoms with Crippen LogP contribution in [0.3, 0.4) is 0 Å². The predicted octanol–water partition coefficient (Wildman–Crippen LogP) is 2.06. The number of anilines is 1. The molecule has 1 aromatic carbocycles. The Balaban J connectivity index is 1.78. The van der Waals surface area contributed by atoms with Gasteiger partial charge < -0.3 is 15.5 Å². The lowest BCUT2D eigenvalue weighted by Gasteiger charge is -2.10. The van der Waals surface area contributed by atoms with Crippen LogP contribution >= 0.6 is 0 Å². The third kappa shape index (κ3) is 5.06. The van der Waals surface area contributed by atoms with Gasteiger partial charge in [0.2, 0.25) is 11.8 Å². The maximum Gasteiger partial charge on any atom is 0.228 e. The Morgan fingerprint density at radius 1 is 1.13 bits per heavy atom. The number of nitrogens with zero attached hydrogens (tertiary/aromatic N) is 1. The first-order chi connectivity index (χ1) is 10.9. The van der Waals surface area contributed by atoms with Gasteiger partial charge in [-0.05, 0) is 44.1 Å². The van der Waals surface area contributed by atoms with Crippen LogP contribution in [0.15, 0.2) is 24.3 Å². The fourth-order valence-corrected chi connectivity index (χ4v) is 2.49. The Labute approximate surface area is 138 Å². The highest BCUT2D eigenvalue weighted by Crippen LogP contribution is 2.39. The third-order valence-electron chi connectivity index (χ3n) is 4.17. The van der Waals surface area contributed by atoms with Gasteiger partial charge in [-0.1, -0.05) is 26.0 Å². The van der Waals surface area contributed by atoms with Crippen molar-refractivity contribution in [1.29, 1.82) is 0 Å². The quantitative estimate of drug-likeness (QED) is 0.809. The van der Waals surface area contributed by atoms with E-state index >= 15 is 0 Å². The van der Waals surface area contributed by atoms with Crippen molar-refractivity contribution in [3.05, 3.63) is 29.8 Å². The number of benzene rings is 1. The number of rotatable bonds is 7. The van der Waals surface area contributed by atoms with Crippen molar-refractivity contribution in [2.45, 2.75) is 26.2 Å². The molecule has 0 heterocycles. The van der Waals surface area contributed by atoms with E-state index in [-0.39, 0.29) is 23.7 Å². The zero-order chi connectivity index (χ0) is 17.0. The second-order valence-corrected chi connectivity index (χ2v) is 6.81. The van der Waals surface area contributed by atoms with Crippen molar-refractivity contribution in [2.75, 3.05) is 32.5 Å². The lowest BCUT2D eigenvalue weighted by molar-refractivity contribution is -0.125. The molecule has 1 saturated carbocycles. The molecule has 1 aliphatic rings. The molecule has 0 aliphatic heterocycles. The second kappa shape index (κ2) is 7.59. The molecule has 2 atom stereocenters. The summed E-state index contributed by atoms with van der Waals surface area (Å²) in [5.74, 6) is 0.0295. The summed E-state index contributed by atoms with van der Waals surface area (Å²) in [7, 11) is 3.92. The standard InChI is InChI=1S/C18H27N3O2/c1-12(2)13-5-7-14(8-6-13)20-18(23)16-11-15(16)17(22)19-9-10-21(3)4/h5-8,12,15-16H,9-11H2,1-4H3,(H,19,22)(H,20,23). The maximum atomic E-state index is 12.2. The SMILES string of the molecule is CC(C)c1ccc(NC(=O)C2CC2C(=O)NCCN(C)C)cc1. The van der Waals surface area contributed by atoms with Gasteiger partial charge in [-0.3, -0.25) is 9.59 Å². The number of nitrogens with one attached hydrogen (secondary N) is 2. The molecular weight excluding hydrogens is 290 g/mol. The Morgan fingerprint density at radius 3 is 2.30 bits per heavy atom. The summed E-state index contributed by atoms with van der Waals surface area (Å²) in [6.07, 6.45) is 0.643. The van der Waals surface area contributed by atoms with Gasteiger partial charge in [0.25, 0.3) is 0 Å². The van der Waals surface area contributed by atoms with Crippen LogP contribution in [0.5, 0.6) is 0 Å². The third-order valence-corrected chi connectivity index (χ3v) is 4.17. The summed E-state index contributed by atoms with van der Waals surface area (Å²) in [5, 5.41) is 5.79. The molecule has 23 heavy (non-hydrogen) atoms. The minimum atomic E-state index is -0.195. The molecule has 2 N–H and O–H groups in total. The molecule has 2 unspecified atom stereocenters. The topological polar surface area (TPSA) is 61.4 Å². The van der Waals surface area contributed by atoms with E-state index in [2.05, 4.69) is 24.5 Å². The van der Waals surface area contributed by atoms with Crippen LogP contribution in [0.25, 0.3) is 0 Å². The van der Waals surface area contributed by atoms with Gasteiger partial charge in [0.05, 0.1) is 11.8 Å². The first kappa shape index (κ1) is 17.5. The molecule has 2 amide bonds. The average Bonchev–Trinajstić information content (AvgIpc) is 3.28. The summed E-state index contributed by atoms with van der Waals surface area (Å²) < 4.78 is 0. The van der Waals surface area contributed by atoms with Crippen LogP contribution < -0.4 is 10.6 Å². The minimum Gasteiger partial charge on any atom is -0.355 e. The molecule has 0 aromatic heterocycles. The molecule has 126 valence electrons. The monoisotopic (exact) mass is 317 g/mol. The molecular formula is C18H27N3O2. The van der Waals surface area contributed by atoms with Crippen LogP contribution in [-0.2, 0) is 9.59 Å². The van der Waals surface area contributed by atoms with E-state index in [4.69, 9.17) is 0 Å². The van der Waals surface area contributed by atoms with E-state index in [9.17, 15) is 9.59 Å². The zero-order valence-corrected chi connectivity index (χ0v) is 14.4. The van der Waals surface area contributed by atoms with Crippen LogP contribution in [0, 0.1) is 11.8 Å². The molecule has 5 nitrogen and oxygen atoms in total. The van der Waals surface area contributed by atoms with E-state index in [1.54, 1.807) is 0 Å². The average molecular weight is 317 g/mol. The van der Waals surface area contributed by atoms with Crippen molar-refractivity contribution >= 4 is 17.5 Å². The number of hydrogen-bond acceptors (Lipinski definition) is 3. The highest BCUT2D eigenvalue weighted by Gasteiger charge is 2.47. The van der Waals surface area contributed by atoms with E-state index in [0.29, 0.717) is 18.9 Å². The van der Waals surface area contributed by atoms with Crippen molar-refractivity contribution in [1.82, 2.24) is 10.2 Å². The highest BCUT2D eigenvalue weighted by atomic mass is 16.2. The molecule has 0 spiro atoms.